The fourth-order valence-electron chi connectivity index (χ4n) is 2.04. The van der Waals surface area contributed by atoms with E-state index in [0.29, 0.717) is 5.02 Å². The van der Waals surface area contributed by atoms with Gasteiger partial charge in [-0.15, -0.1) is 11.8 Å². The van der Waals surface area contributed by atoms with Crippen LogP contribution in [0.4, 0.5) is 5.69 Å². The Labute approximate surface area is 122 Å². The molecule has 2 rings (SSSR count). The molecule has 1 aromatic rings. The second-order valence-electron chi connectivity index (χ2n) is 4.87. The van der Waals surface area contributed by atoms with Crippen molar-refractivity contribution in [2.24, 2.45) is 5.92 Å². The van der Waals surface area contributed by atoms with Crippen molar-refractivity contribution >= 4 is 35.0 Å². The van der Waals surface area contributed by atoms with E-state index in [9.17, 15) is 4.79 Å². The quantitative estimate of drug-likeness (QED) is 0.909. The lowest BCUT2D eigenvalue weighted by Gasteiger charge is -2.17. The summed E-state index contributed by atoms with van der Waals surface area (Å²) in [4.78, 5) is 14.1. The number of anilines is 1. The van der Waals surface area contributed by atoms with Crippen molar-refractivity contribution in [2.75, 3.05) is 23.8 Å². The van der Waals surface area contributed by atoms with Crippen molar-refractivity contribution in [2.45, 2.75) is 18.6 Å². The molecule has 0 bridgehead atoms. The Balaban J connectivity index is 1.98. The first kappa shape index (κ1) is 14.7. The monoisotopic (exact) mass is 299 g/mol. The number of aliphatic hydroxyl groups is 1. The van der Waals surface area contributed by atoms with Crippen LogP contribution in [0.15, 0.2) is 24.3 Å². The van der Waals surface area contributed by atoms with Gasteiger partial charge in [0, 0.05) is 23.9 Å². The maximum atomic E-state index is 12.3. The van der Waals surface area contributed by atoms with Crippen molar-refractivity contribution in [3.8, 4) is 0 Å². The van der Waals surface area contributed by atoms with Crippen molar-refractivity contribution in [3.05, 3.63) is 29.3 Å². The lowest BCUT2D eigenvalue weighted by molar-refractivity contribution is -0.116. The molecule has 0 saturated carbocycles. The summed E-state index contributed by atoms with van der Waals surface area (Å²) in [6, 6.07) is 7.40. The highest BCUT2D eigenvalue weighted by molar-refractivity contribution is 8.00. The third-order valence-electron chi connectivity index (χ3n) is 3.17. The number of aliphatic hydroxyl groups excluding tert-OH is 1. The van der Waals surface area contributed by atoms with E-state index in [1.807, 2.05) is 25.1 Å². The van der Waals surface area contributed by atoms with E-state index >= 15 is 0 Å². The number of nitrogens with zero attached hydrogens (tertiary/aromatic N) is 1. The number of hydrogen-bond acceptors (Lipinski definition) is 3. The van der Waals surface area contributed by atoms with Gasteiger partial charge in [0.2, 0.25) is 5.91 Å². The van der Waals surface area contributed by atoms with Crippen LogP contribution >= 0.6 is 23.4 Å². The molecule has 1 saturated heterocycles. The van der Waals surface area contributed by atoms with E-state index in [1.165, 1.54) is 0 Å². The Bertz CT molecular complexity index is 455. The molecule has 0 unspecified atom stereocenters. The van der Waals surface area contributed by atoms with Crippen LogP contribution in [0.5, 0.6) is 0 Å². The second-order valence-corrected chi connectivity index (χ2v) is 6.54. The first-order chi connectivity index (χ1) is 9.11. The SMILES string of the molecule is C[C@H](CO)CS[C@H]1CCN(c2cccc(Cl)c2)C1=O. The molecule has 19 heavy (non-hydrogen) atoms. The minimum absolute atomic E-state index is 0.00739. The van der Waals surface area contributed by atoms with Gasteiger partial charge in [0.25, 0.3) is 0 Å². The molecule has 5 heteroatoms. The summed E-state index contributed by atoms with van der Waals surface area (Å²) in [6.45, 7) is 2.90. The highest BCUT2D eigenvalue weighted by Gasteiger charge is 2.32. The largest absolute Gasteiger partial charge is 0.396 e. The lowest BCUT2D eigenvalue weighted by atomic mass is 10.2. The molecule has 3 nitrogen and oxygen atoms in total. The average Bonchev–Trinajstić information content (AvgIpc) is 2.77. The third-order valence-corrected chi connectivity index (χ3v) is 5.01. The normalized spacial score (nSPS) is 20.9. The Morgan fingerprint density at radius 2 is 2.37 bits per heavy atom. The molecule has 2 atom stereocenters. The summed E-state index contributed by atoms with van der Waals surface area (Å²) < 4.78 is 0. The van der Waals surface area contributed by atoms with Gasteiger partial charge in [-0.1, -0.05) is 24.6 Å². The summed E-state index contributed by atoms with van der Waals surface area (Å²) in [6.07, 6.45) is 0.855. The summed E-state index contributed by atoms with van der Waals surface area (Å²) >= 11 is 7.60. The van der Waals surface area contributed by atoms with Crippen molar-refractivity contribution in [1.29, 1.82) is 0 Å². The van der Waals surface area contributed by atoms with Crippen molar-refractivity contribution in [3.63, 3.8) is 0 Å². The fraction of sp³-hybridized carbons (Fsp3) is 0.500. The van der Waals surface area contributed by atoms with Gasteiger partial charge in [0.05, 0.1) is 5.25 Å². The van der Waals surface area contributed by atoms with Crippen LogP contribution in [0.1, 0.15) is 13.3 Å². The number of hydrogen-bond donors (Lipinski definition) is 1. The number of benzene rings is 1. The molecule has 0 spiro atoms. The zero-order chi connectivity index (χ0) is 13.8. The highest BCUT2D eigenvalue weighted by Crippen LogP contribution is 2.30. The minimum atomic E-state index is 0.00739. The van der Waals surface area contributed by atoms with Crippen molar-refractivity contribution < 1.29 is 9.90 Å². The fourth-order valence-corrected chi connectivity index (χ4v) is 3.43. The molecule has 0 aliphatic carbocycles. The van der Waals surface area contributed by atoms with Crippen LogP contribution in [0, 0.1) is 5.92 Å². The maximum absolute atomic E-state index is 12.3. The van der Waals surface area contributed by atoms with Gasteiger partial charge in [-0.2, -0.15) is 0 Å². The molecule has 1 aliphatic heterocycles. The molecular weight excluding hydrogens is 282 g/mol. The van der Waals surface area contributed by atoms with E-state index in [-0.39, 0.29) is 23.7 Å². The van der Waals surface area contributed by atoms with Gasteiger partial charge in [-0.25, -0.2) is 0 Å². The molecule has 1 heterocycles. The molecule has 104 valence electrons. The zero-order valence-electron chi connectivity index (χ0n) is 10.9. The van der Waals surface area contributed by atoms with Crippen LogP contribution in [0.3, 0.4) is 0 Å². The number of halogens is 1. The Morgan fingerprint density at radius 1 is 1.58 bits per heavy atom. The summed E-state index contributed by atoms with van der Waals surface area (Å²) in [5.41, 5.74) is 0.871. The van der Waals surface area contributed by atoms with Gasteiger partial charge in [-0.05, 0) is 36.3 Å². The van der Waals surface area contributed by atoms with E-state index in [4.69, 9.17) is 16.7 Å². The topological polar surface area (TPSA) is 40.5 Å². The number of rotatable bonds is 5. The first-order valence-electron chi connectivity index (χ1n) is 6.41. The number of thioether (sulfide) groups is 1. The number of carbonyl (C=O) groups is 1. The van der Waals surface area contributed by atoms with E-state index in [0.717, 1.165) is 24.4 Å². The van der Waals surface area contributed by atoms with Gasteiger partial charge < -0.3 is 10.0 Å². The van der Waals surface area contributed by atoms with Crippen molar-refractivity contribution in [1.82, 2.24) is 0 Å². The standard InChI is InChI=1S/C14H18ClNO2S/c1-10(8-17)9-19-13-5-6-16(14(13)18)12-4-2-3-11(15)7-12/h2-4,7,10,13,17H,5-6,8-9H2,1H3/t10-,13+/m1/s1. The van der Waals surface area contributed by atoms with Gasteiger partial charge >= 0.3 is 0 Å². The minimum Gasteiger partial charge on any atom is -0.396 e. The van der Waals surface area contributed by atoms with Crippen LogP contribution in [-0.2, 0) is 4.79 Å². The predicted octanol–water partition coefficient (Wildman–Crippen LogP) is 2.81. The van der Waals surface area contributed by atoms with E-state index in [2.05, 4.69) is 0 Å². The van der Waals surface area contributed by atoms with Crippen LogP contribution < -0.4 is 4.90 Å². The lowest BCUT2D eigenvalue weighted by Crippen LogP contribution is -2.28. The molecule has 1 fully saturated rings. The maximum Gasteiger partial charge on any atom is 0.240 e. The van der Waals surface area contributed by atoms with Gasteiger partial charge in [0.15, 0.2) is 0 Å². The molecule has 0 radical (unpaired) electrons. The van der Waals surface area contributed by atoms with Crippen LogP contribution in [0.2, 0.25) is 5.02 Å². The van der Waals surface area contributed by atoms with Crippen LogP contribution in [0.25, 0.3) is 0 Å². The molecule has 0 aromatic heterocycles. The highest BCUT2D eigenvalue weighted by atomic mass is 35.5. The Kier molecular flexibility index (Phi) is 5.13. The Hall–Kier alpha value is -0.710. The van der Waals surface area contributed by atoms with E-state index < -0.39 is 0 Å². The average molecular weight is 300 g/mol. The second kappa shape index (κ2) is 6.64. The van der Waals surface area contributed by atoms with Gasteiger partial charge in [0.1, 0.15) is 0 Å². The Morgan fingerprint density at radius 3 is 3.05 bits per heavy atom. The van der Waals surface area contributed by atoms with E-state index in [1.54, 1.807) is 22.7 Å². The van der Waals surface area contributed by atoms with Gasteiger partial charge in [-0.3, -0.25) is 4.79 Å². The molecule has 1 aromatic carbocycles. The molecule has 1 amide bonds. The predicted molar refractivity (Wildman–Crippen MR) is 80.9 cm³/mol. The summed E-state index contributed by atoms with van der Waals surface area (Å²) in [7, 11) is 0. The molecule has 1 N–H and O–H groups in total. The summed E-state index contributed by atoms with van der Waals surface area (Å²) in [5, 5.41) is 9.67. The first-order valence-corrected chi connectivity index (χ1v) is 7.84. The van der Waals surface area contributed by atoms with Crippen LogP contribution in [-0.4, -0.2) is 35.2 Å². The third kappa shape index (κ3) is 3.65. The number of amides is 1. The molecular formula is C14H18ClNO2S. The summed E-state index contributed by atoms with van der Waals surface area (Å²) in [5.74, 6) is 1.20. The molecule has 1 aliphatic rings. The number of carbonyl (C=O) groups excluding carboxylic acids is 1. The zero-order valence-corrected chi connectivity index (χ0v) is 12.5. The smallest absolute Gasteiger partial charge is 0.240 e.